The molecule has 0 radical (unpaired) electrons. The van der Waals surface area contributed by atoms with Crippen molar-refractivity contribution in [3.8, 4) is 0 Å². The lowest BCUT2D eigenvalue weighted by Gasteiger charge is -2.01. The van der Waals surface area contributed by atoms with E-state index in [0.29, 0.717) is 0 Å². The molecule has 0 amide bonds. The monoisotopic (exact) mass is 162 g/mol. The van der Waals surface area contributed by atoms with Crippen LogP contribution in [-0.2, 0) is 4.79 Å². The number of nitrogens with zero attached hydrogens (tertiary/aromatic N) is 1. The average molecular weight is 162 g/mol. The first-order valence-electron chi connectivity index (χ1n) is 3.63. The zero-order chi connectivity index (χ0) is 8.81. The fourth-order valence-electron chi connectivity index (χ4n) is 0.904. The smallest absolute Gasteiger partial charge is 0.142 e. The maximum Gasteiger partial charge on any atom is 0.142 e. The second-order valence-corrected chi connectivity index (χ2v) is 2.19. The number of anilines is 1. The highest BCUT2D eigenvalue weighted by molar-refractivity contribution is 5.76. The van der Waals surface area contributed by atoms with Crippen molar-refractivity contribution in [1.82, 2.24) is 4.98 Å². The van der Waals surface area contributed by atoms with Crippen LogP contribution in [0.5, 0.6) is 0 Å². The van der Waals surface area contributed by atoms with E-state index in [1.807, 2.05) is 12.1 Å². The van der Waals surface area contributed by atoms with Gasteiger partial charge in [-0.05, 0) is 24.3 Å². The summed E-state index contributed by atoms with van der Waals surface area (Å²) >= 11 is 0. The van der Waals surface area contributed by atoms with E-state index in [-0.39, 0.29) is 0 Å². The normalized spacial score (nSPS) is 10.1. The SMILES string of the molecule is CNc1ncccc1/C=C/C=O. The molecule has 0 fully saturated rings. The topological polar surface area (TPSA) is 42.0 Å². The van der Waals surface area contributed by atoms with Crippen LogP contribution in [-0.4, -0.2) is 18.3 Å². The third kappa shape index (κ3) is 1.92. The zero-order valence-corrected chi connectivity index (χ0v) is 6.82. The molecule has 0 bridgehead atoms. The van der Waals surface area contributed by atoms with E-state index < -0.39 is 0 Å². The number of rotatable bonds is 3. The number of aldehydes is 1. The molecule has 0 saturated carbocycles. The molecule has 0 aromatic carbocycles. The summed E-state index contributed by atoms with van der Waals surface area (Å²) < 4.78 is 0. The molecule has 0 aliphatic heterocycles. The van der Waals surface area contributed by atoms with Crippen molar-refractivity contribution in [2.75, 3.05) is 12.4 Å². The van der Waals surface area contributed by atoms with Gasteiger partial charge in [-0.2, -0.15) is 0 Å². The summed E-state index contributed by atoms with van der Waals surface area (Å²) in [5, 5.41) is 2.93. The fourth-order valence-corrected chi connectivity index (χ4v) is 0.904. The standard InChI is InChI=1S/C9H10N2O/c1-10-9-8(5-3-7-12)4-2-6-11-9/h2-7H,1H3,(H,10,11)/b5-3+. The Labute approximate surface area is 71.1 Å². The van der Waals surface area contributed by atoms with Gasteiger partial charge in [0.25, 0.3) is 0 Å². The van der Waals surface area contributed by atoms with Gasteiger partial charge in [0.15, 0.2) is 0 Å². The Bertz CT molecular complexity index is 294. The van der Waals surface area contributed by atoms with Gasteiger partial charge in [-0.25, -0.2) is 4.98 Å². The molecule has 12 heavy (non-hydrogen) atoms. The van der Waals surface area contributed by atoms with E-state index in [4.69, 9.17) is 0 Å². The summed E-state index contributed by atoms with van der Waals surface area (Å²) in [6.45, 7) is 0. The Morgan fingerprint density at radius 1 is 1.58 bits per heavy atom. The zero-order valence-electron chi connectivity index (χ0n) is 6.82. The van der Waals surface area contributed by atoms with E-state index in [1.165, 1.54) is 6.08 Å². The maximum absolute atomic E-state index is 10.1. The Balaban J connectivity index is 2.96. The molecule has 1 aromatic rings. The maximum atomic E-state index is 10.1. The summed E-state index contributed by atoms with van der Waals surface area (Å²) in [4.78, 5) is 14.1. The largest absolute Gasteiger partial charge is 0.373 e. The lowest BCUT2D eigenvalue weighted by molar-refractivity contribution is -0.104. The predicted molar refractivity (Wildman–Crippen MR) is 48.9 cm³/mol. The molecular weight excluding hydrogens is 152 g/mol. The van der Waals surface area contributed by atoms with E-state index in [2.05, 4.69) is 10.3 Å². The van der Waals surface area contributed by atoms with Gasteiger partial charge in [-0.1, -0.05) is 0 Å². The second kappa shape index (κ2) is 4.28. The van der Waals surface area contributed by atoms with Crippen LogP contribution in [0, 0.1) is 0 Å². The number of carbonyl (C=O) groups excluding carboxylic acids is 1. The lowest BCUT2D eigenvalue weighted by atomic mass is 10.2. The number of allylic oxidation sites excluding steroid dienone is 1. The highest BCUT2D eigenvalue weighted by atomic mass is 16.1. The first-order chi connectivity index (χ1) is 5.88. The molecule has 1 rings (SSSR count). The highest BCUT2D eigenvalue weighted by Gasteiger charge is 1.94. The molecule has 3 nitrogen and oxygen atoms in total. The Morgan fingerprint density at radius 2 is 2.42 bits per heavy atom. The minimum atomic E-state index is 0.742. The number of pyridine rings is 1. The number of hydrogen-bond acceptors (Lipinski definition) is 3. The molecule has 0 aliphatic rings. The van der Waals surface area contributed by atoms with Gasteiger partial charge in [0, 0.05) is 18.8 Å². The molecule has 0 spiro atoms. The minimum Gasteiger partial charge on any atom is -0.373 e. The van der Waals surface area contributed by atoms with Crippen molar-refractivity contribution in [3.05, 3.63) is 30.0 Å². The predicted octanol–water partition coefficient (Wildman–Crippen LogP) is 1.34. The van der Waals surface area contributed by atoms with E-state index in [9.17, 15) is 4.79 Å². The Kier molecular flexibility index (Phi) is 3.02. The van der Waals surface area contributed by atoms with Crippen LogP contribution >= 0.6 is 0 Å². The summed E-state index contributed by atoms with van der Waals surface area (Å²) in [5.41, 5.74) is 0.909. The quantitative estimate of drug-likeness (QED) is 0.538. The molecule has 0 aliphatic carbocycles. The third-order valence-electron chi connectivity index (χ3n) is 1.43. The van der Waals surface area contributed by atoms with Gasteiger partial charge in [0.05, 0.1) is 0 Å². The molecule has 0 atom stereocenters. The van der Waals surface area contributed by atoms with E-state index in [0.717, 1.165) is 17.7 Å². The van der Waals surface area contributed by atoms with Crippen LogP contribution in [0.25, 0.3) is 6.08 Å². The lowest BCUT2D eigenvalue weighted by Crippen LogP contribution is -1.93. The third-order valence-corrected chi connectivity index (χ3v) is 1.43. The van der Waals surface area contributed by atoms with Crippen LogP contribution in [0.1, 0.15) is 5.56 Å². The molecule has 1 N–H and O–H groups in total. The van der Waals surface area contributed by atoms with Crippen molar-refractivity contribution in [1.29, 1.82) is 0 Å². The Hall–Kier alpha value is -1.64. The first-order valence-corrected chi connectivity index (χ1v) is 3.63. The van der Waals surface area contributed by atoms with Gasteiger partial charge in [-0.15, -0.1) is 0 Å². The van der Waals surface area contributed by atoms with Crippen LogP contribution in [0.2, 0.25) is 0 Å². The van der Waals surface area contributed by atoms with E-state index >= 15 is 0 Å². The minimum absolute atomic E-state index is 0.742. The number of aromatic nitrogens is 1. The molecule has 1 heterocycles. The van der Waals surface area contributed by atoms with Crippen molar-refractivity contribution in [2.45, 2.75) is 0 Å². The van der Waals surface area contributed by atoms with Gasteiger partial charge in [0.2, 0.25) is 0 Å². The molecule has 3 heteroatoms. The summed E-state index contributed by atoms with van der Waals surface area (Å²) in [6.07, 6.45) is 5.60. The average Bonchev–Trinajstić information content (AvgIpc) is 2.15. The highest BCUT2D eigenvalue weighted by Crippen LogP contribution is 2.11. The van der Waals surface area contributed by atoms with Crippen LogP contribution < -0.4 is 5.32 Å². The van der Waals surface area contributed by atoms with Gasteiger partial charge in [-0.3, -0.25) is 4.79 Å². The fraction of sp³-hybridized carbons (Fsp3) is 0.111. The number of hydrogen-bond donors (Lipinski definition) is 1. The van der Waals surface area contributed by atoms with Crippen molar-refractivity contribution in [3.63, 3.8) is 0 Å². The van der Waals surface area contributed by atoms with Crippen LogP contribution in [0.4, 0.5) is 5.82 Å². The van der Waals surface area contributed by atoms with Crippen LogP contribution in [0.15, 0.2) is 24.4 Å². The number of carbonyl (C=O) groups is 1. The van der Waals surface area contributed by atoms with Crippen LogP contribution in [0.3, 0.4) is 0 Å². The molecule has 0 saturated heterocycles. The molecule has 0 unspecified atom stereocenters. The van der Waals surface area contributed by atoms with Crippen molar-refractivity contribution < 1.29 is 4.79 Å². The number of nitrogens with one attached hydrogen (secondary N) is 1. The molecular formula is C9H10N2O. The van der Waals surface area contributed by atoms with Gasteiger partial charge in [0.1, 0.15) is 12.1 Å². The second-order valence-electron chi connectivity index (χ2n) is 2.19. The van der Waals surface area contributed by atoms with Gasteiger partial charge >= 0.3 is 0 Å². The van der Waals surface area contributed by atoms with Gasteiger partial charge < -0.3 is 5.32 Å². The van der Waals surface area contributed by atoms with Crippen molar-refractivity contribution >= 4 is 18.2 Å². The van der Waals surface area contributed by atoms with E-state index in [1.54, 1.807) is 19.3 Å². The molecule has 62 valence electrons. The summed E-state index contributed by atoms with van der Waals surface area (Å²) in [6, 6.07) is 3.71. The van der Waals surface area contributed by atoms with Crippen molar-refractivity contribution in [2.24, 2.45) is 0 Å². The first kappa shape index (κ1) is 8.46. The Morgan fingerprint density at radius 3 is 3.08 bits per heavy atom. The summed E-state index contributed by atoms with van der Waals surface area (Å²) in [7, 11) is 1.79. The molecule has 1 aromatic heterocycles. The summed E-state index contributed by atoms with van der Waals surface area (Å²) in [5.74, 6) is 0.774.